The molecule has 0 saturated carbocycles. The van der Waals surface area contributed by atoms with Crippen molar-refractivity contribution in [2.45, 2.75) is 10.8 Å². The van der Waals surface area contributed by atoms with Crippen molar-refractivity contribution in [1.29, 1.82) is 0 Å². The monoisotopic (exact) mass is 877 g/mol. The van der Waals surface area contributed by atoms with Crippen molar-refractivity contribution >= 4 is 17.1 Å². The molecule has 69 heavy (non-hydrogen) atoms. The Morgan fingerprint density at radius 3 is 0.957 bits per heavy atom. The fourth-order valence-electron chi connectivity index (χ4n) is 12.0. The summed E-state index contributed by atoms with van der Waals surface area (Å²) in [4.78, 5) is 2.45. The van der Waals surface area contributed by atoms with Crippen molar-refractivity contribution in [2.24, 2.45) is 0 Å². The molecule has 0 radical (unpaired) electrons. The normalized spacial score (nSPS) is 13.4. The standard InChI is InChI=1S/C68H47N/c1-5-21-48(22-6-1)57-29-13-14-30-58(57)49-37-41-54(42-38-49)69(55-43-39-53(40-44-55)67(50-23-7-2-8-24-50)63-34-18-15-31-59(63)60-32-16-19-35-64(60)67)56-45-46-62-61-33-17-20-36-65(61)68(66(62)47-56,51-25-9-3-10-26-51)52-27-11-4-12-28-52/h1-47H. The third-order valence-corrected chi connectivity index (χ3v) is 14.9. The van der Waals surface area contributed by atoms with Crippen molar-refractivity contribution in [3.63, 3.8) is 0 Å². The van der Waals surface area contributed by atoms with Crippen LogP contribution < -0.4 is 4.90 Å². The fourth-order valence-corrected chi connectivity index (χ4v) is 12.0. The van der Waals surface area contributed by atoms with Gasteiger partial charge in [0.2, 0.25) is 0 Å². The molecule has 2 aliphatic carbocycles. The van der Waals surface area contributed by atoms with Gasteiger partial charge in [0.15, 0.2) is 0 Å². The first-order valence-corrected chi connectivity index (χ1v) is 24.0. The van der Waals surface area contributed by atoms with Gasteiger partial charge in [-0.3, -0.25) is 0 Å². The highest BCUT2D eigenvalue weighted by Crippen LogP contribution is 2.59. The lowest BCUT2D eigenvalue weighted by molar-refractivity contribution is 0.768. The second-order valence-corrected chi connectivity index (χ2v) is 18.3. The van der Waals surface area contributed by atoms with E-state index in [4.69, 9.17) is 0 Å². The molecule has 11 aromatic carbocycles. The van der Waals surface area contributed by atoms with Crippen LogP contribution in [0.15, 0.2) is 285 Å². The van der Waals surface area contributed by atoms with E-state index in [2.05, 4.69) is 290 Å². The maximum atomic E-state index is 2.47. The summed E-state index contributed by atoms with van der Waals surface area (Å²) in [6, 6.07) is 105. The van der Waals surface area contributed by atoms with Gasteiger partial charge >= 0.3 is 0 Å². The van der Waals surface area contributed by atoms with Crippen LogP contribution in [-0.2, 0) is 10.8 Å². The molecular weight excluding hydrogens is 831 g/mol. The topological polar surface area (TPSA) is 3.24 Å². The lowest BCUT2D eigenvalue weighted by atomic mass is 9.67. The SMILES string of the molecule is c1ccc(-c2ccccc2-c2ccc(N(c3ccc(C4(c5ccccc5)c5ccccc5-c5ccccc54)cc3)c3ccc4c(c3)C(c3ccccc3)(c3ccccc3)c3ccccc3-4)cc2)cc1. The van der Waals surface area contributed by atoms with E-state index in [-0.39, 0.29) is 0 Å². The average molecular weight is 878 g/mol. The lowest BCUT2D eigenvalue weighted by Crippen LogP contribution is -2.29. The van der Waals surface area contributed by atoms with Gasteiger partial charge in [0.05, 0.1) is 10.8 Å². The summed E-state index contributed by atoms with van der Waals surface area (Å²) in [6.07, 6.45) is 0. The summed E-state index contributed by atoms with van der Waals surface area (Å²) >= 11 is 0. The summed E-state index contributed by atoms with van der Waals surface area (Å²) in [6.45, 7) is 0. The molecular formula is C68H47N. The zero-order valence-electron chi connectivity index (χ0n) is 38.1. The van der Waals surface area contributed by atoms with Crippen LogP contribution in [0.4, 0.5) is 17.1 Å². The molecule has 0 N–H and O–H groups in total. The number of fused-ring (bicyclic) bond motifs is 6. The molecule has 0 fully saturated rings. The lowest BCUT2D eigenvalue weighted by Gasteiger charge is -2.35. The Morgan fingerprint density at radius 2 is 0.507 bits per heavy atom. The number of rotatable bonds is 9. The number of nitrogens with zero attached hydrogens (tertiary/aromatic N) is 1. The molecule has 0 aliphatic heterocycles. The summed E-state index contributed by atoms with van der Waals surface area (Å²) in [7, 11) is 0. The van der Waals surface area contributed by atoms with Gasteiger partial charge in [0, 0.05) is 17.1 Å². The van der Waals surface area contributed by atoms with Crippen LogP contribution in [0.3, 0.4) is 0 Å². The third kappa shape index (κ3) is 6.24. The van der Waals surface area contributed by atoms with Crippen LogP contribution in [0.2, 0.25) is 0 Å². The van der Waals surface area contributed by atoms with E-state index in [0.717, 1.165) is 17.1 Å². The highest BCUT2D eigenvalue weighted by Gasteiger charge is 2.47. The first kappa shape index (κ1) is 40.5. The molecule has 13 rings (SSSR count). The van der Waals surface area contributed by atoms with Gasteiger partial charge in [-0.15, -0.1) is 0 Å². The predicted molar refractivity (Wildman–Crippen MR) is 287 cm³/mol. The van der Waals surface area contributed by atoms with Gasteiger partial charge in [-0.05, 0) is 125 Å². The van der Waals surface area contributed by atoms with Crippen molar-refractivity contribution in [3.8, 4) is 44.5 Å². The highest BCUT2D eigenvalue weighted by molar-refractivity contribution is 5.91. The molecule has 0 saturated heterocycles. The first-order chi connectivity index (χ1) is 34.2. The summed E-state index contributed by atoms with van der Waals surface area (Å²) in [5, 5.41) is 0. The van der Waals surface area contributed by atoms with Crippen molar-refractivity contribution in [1.82, 2.24) is 0 Å². The number of benzene rings is 11. The maximum absolute atomic E-state index is 2.47. The van der Waals surface area contributed by atoms with E-state index in [9.17, 15) is 0 Å². The second-order valence-electron chi connectivity index (χ2n) is 18.3. The third-order valence-electron chi connectivity index (χ3n) is 14.9. The molecule has 0 unspecified atom stereocenters. The zero-order valence-corrected chi connectivity index (χ0v) is 38.1. The Balaban J connectivity index is 1.02. The number of anilines is 3. The largest absolute Gasteiger partial charge is 0.310 e. The molecule has 324 valence electrons. The Hall–Kier alpha value is -8.78. The molecule has 0 aromatic heterocycles. The summed E-state index contributed by atoms with van der Waals surface area (Å²) in [5.74, 6) is 0. The van der Waals surface area contributed by atoms with Crippen LogP contribution in [-0.4, -0.2) is 0 Å². The Kier molecular flexibility index (Phi) is 9.70. The van der Waals surface area contributed by atoms with E-state index >= 15 is 0 Å². The molecule has 0 amide bonds. The van der Waals surface area contributed by atoms with Gasteiger partial charge in [0.1, 0.15) is 0 Å². The van der Waals surface area contributed by atoms with Crippen molar-refractivity contribution < 1.29 is 0 Å². The van der Waals surface area contributed by atoms with Gasteiger partial charge < -0.3 is 4.90 Å². The van der Waals surface area contributed by atoms with Gasteiger partial charge in [0.25, 0.3) is 0 Å². The second kappa shape index (κ2) is 16.5. The van der Waals surface area contributed by atoms with Crippen LogP contribution in [0, 0.1) is 0 Å². The summed E-state index contributed by atoms with van der Waals surface area (Å²) in [5.41, 5.74) is 22.3. The van der Waals surface area contributed by atoms with Crippen molar-refractivity contribution in [3.05, 3.63) is 330 Å². The average Bonchev–Trinajstić information content (AvgIpc) is 3.91. The molecule has 0 atom stereocenters. The Morgan fingerprint density at radius 1 is 0.203 bits per heavy atom. The van der Waals surface area contributed by atoms with Gasteiger partial charge in [-0.25, -0.2) is 0 Å². The van der Waals surface area contributed by atoms with Gasteiger partial charge in [-0.1, -0.05) is 249 Å². The molecule has 0 spiro atoms. The fraction of sp³-hybridized carbons (Fsp3) is 0.0294. The minimum absolute atomic E-state index is 0.490. The smallest absolute Gasteiger partial charge is 0.0714 e. The van der Waals surface area contributed by atoms with Crippen LogP contribution in [0.25, 0.3) is 44.5 Å². The van der Waals surface area contributed by atoms with Crippen molar-refractivity contribution in [2.75, 3.05) is 4.90 Å². The minimum Gasteiger partial charge on any atom is -0.310 e. The summed E-state index contributed by atoms with van der Waals surface area (Å²) < 4.78 is 0. The maximum Gasteiger partial charge on any atom is 0.0714 e. The zero-order chi connectivity index (χ0) is 45.8. The molecule has 2 aliphatic rings. The molecule has 1 heteroatoms. The van der Waals surface area contributed by atoms with E-state index in [1.165, 1.54) is 89.0 Å². The van der Waals surface area contributed by atoms with Crippen LogP contribution in [0.1, 0.15) is 44.5 Å². The molecule has 0 bridgehead atoms. The Labute approximate surface area is 404 Å². The first-order valence-electron chi connectivity index (χ1n) is 24.0. The highest BCUT2D eigenvalue weighted by atomic mass is 15.1. The number of hydrogen-bond acceptors (Lipinski definition) is 1. The molecule has 0 heterocycles. The quantitative estimate of drug-likeness (QED) is 0.140. The van der Waals surface area contributed by atoms with E-state index in [0.29, 0.717) is 0 Å². The Bertz CT molecular complexity index is 3550. The van der Waals surface area contributed by atoms with Crippen LogP contribution >= 0.6 is 0 Å². The molecule has 1 nitrogen and oxygen atoms in total. The van der Waals surface area contributed by atoms with E-state index in [1.54, 1.807) is 0 Å². The minimum atomic E-state index is -0.531. The molecule has 11 aromatic rings. The number of hydrogen-bond donors (Lipinski definition) is 0. The predicted octanol–water partition coefficient (Wildman–Crippen LogP) is 17.2. The van der Waals surface area contributed by atoms with E-state index in [1.807, 2.05) is 0 Å². The van der Waals surface area contributed by atoms with Gasteiger partial charge in [-0.2, -0.15) is 0 Å². The van der Waals surface area contributed by atoms with E-state index < -0.39 is 10.8 Å². The van der Waals surface area contributed by atoms with Crippen LogP contribution in [0.5, 0.6) is 0 Å².